The number of para-hydroxylation sites is 1. The van der Waals surface area contributed by atoms with E-state index in [1.807, 2.05) is 25.1 Å². The zero-order valence-corrected chi connectivity index (χ0v) is 15.0. The summed E-state index contributed by atoms with van der Waals surface area (Å²) < 4.78 is 0.991. The topological polar surface area (TPSA) is 119 Å². The van der Waals surface area contributed by atoms with Gasteiger partial charge in [0.2, 0.25) is 11.6 Å². The van der Waals surface area contributed by atoms with Gasteiger partial charge in [-0.2, -0.15) is 0 Å². The van der Waals surface area contributed by atoms with Crippen molar-refractivity contribution in [2.45, 2.75) is 6.92 Å². The van der Waals surface area contributed by atoms with Crippen molar-refractivity contribution < 1.29 is 4.92 Å². The van der Waals surface area contributed by atoms with E-state index in [-0.39, 0.29) is 17.3 Å². The molecule has 9 nitrogen and oxygen atoms in total. The Morgan fingerprint density at radius 2 is 1.88 bits per heavy atom. The SMILES string of the molecule is Cc1cccc2sc(Nc3ncnc(Nc4nccs4)c3[N+](=O)[O-])nc12. The van der Waals surface area contributed by atoms with Gasteiger partial charge in [0, 0.05) is 11.6 Å². The van der Waals surface area contributed by atoms with Crippen LogP contribution in [0.4, 0.5) is 27.6 Å². The van der Waals surface area contributed by atoms with Crippen LogP contribution in [0.15, 0.2) is 36.1 Å². The van der Waals surface area contributed by atoms with Gasteiger partial charge in [-0.05, 0) is 18.6 Å². The second-order valence-corrected chi connectivity index (χ2v) is 7.13. The zero-order valence-electron chi connectivity index (χ0n) is 13.3. The van der Waals surface area contributed by atoms with Crippen LogP contribution in [0, 0.1) is 17.0 Å². The Balaban J connectivity index is 1.73. The highest BCUT2D eigenvalue weighted by molar-refractivity contribution is 7.22. The number of nitrogens with zero attached hydrogens (tertiary/aromatic N) is 5. The molecule has 0 aliphatic rings. The van der Waals surface area contributed by atoms with Crippen LogP contribution in [0.2, 0.25) is 0 Å². The highest BCUT2D eigenvalue weighted by Gasteiger charge is 2.24. The predicted octanol–water partition coefficient (Wildman–Crippen LogP) is 4.25. The van der Waals surface area contributed by atoms with E-state index < -0.39 is 4.92 Å². The Morgan fingerprint density at radius 3 is 2.54 bits per heavy atom. The van der Waals surface area contributed by atoms with Crippen LogP contribution >= 0.6 is 22.7 Å². The fourth-order valence-electron chi connectivity index (χ4n) is 2.36. The van der Waals surface area contributed by atoms with Gasteiger partial charge in [0.15, 0.2) is 10.3 Å². The Morgan fingerprint density at radius 1 is 1.12 bits per heavy atom. The minimum Gasteiger partial charge on any atom is -0.310 e. The predicted molar refractivity (Wildman–Crippen MR) is 102 cm³/mol. The van der Waals surface area contributed by atoms with Gasteiger partial charge < -0.3 is 10.6 Å². The Kier molecular flexibility index (Phi) is 4.14. The Hall–Kier alpha value is -3.18. The summed E-state index contributed by atoms with van der Waals surface area (Å²) in [6, 6.07) is 5.87. The van der Waals surface area contributed by atoms with Gasteiger partial charge in [-0.3, -0.25) is 10.1 Å². The molecule has 0 aliphatic heterocycles. The van der Waals surface area contributed by atoms with E-state index in [0.29, 0.717) is 10.3 Å². The maximum absolute atomic E-state index is 11.6. The largest absolute Gasteiger partial charge is 0.354 e. The smallest absolute Gasteiger partial charge is 0.310 e. The molecular weight excluding hydrogens is 374 g/mol. The number of anilines is 4. The Labute approximate surface area is 155 Å². The number of nitro groups is 1. The van der Waals surface area contributed by atoms with Gasteiger partial charge in [0.1, 0.15) is 6.33 Å². The standard InChI is InChI=1S/C15H11N7O2S2/c1-8-3-2-4-9-10(8)19-15(26-9)21-13-11(22(23)24)12(17-7-18-13)20-14-16-5-6-25-14/h2-7H,1H3,(H2,16,17,18,19,20,21). The van der Waals surface area contributed by atoms with Crippen LogP contribution in [0.1, 0.15) is 5.56 Å². The number of aromatic nitrogens is 4. The normalized spacial score (nSPS) is 10.8. The summed E-state index contributed by atoms with van der Waals surface area (Å²) in [5, 5.41) is 20.2. The lowest BCUT2D eigenvalue weighted by Gasteiger charge is -2.06. The van der Waals surface area contributed by atoms with E-state index >= 15 is 0 Å². The molecule has 0 amide bonds. The lowest BCUT2D eigenvalue weighted by molar-refractivity contribution is -0.383. The van der Waals surface area contributed by atoms with Crippen molar-refractivity contribution in [2.75, 3.05) is 10.6 Å². The summed E-state index contributed by atoms with van der Waals surface area (Å²) in [6.07, 6.45) is 2.85. The second-order valence-electron chi connectivity index (χ2n) is 5.20. The molecule has 3 heterocycles. The number of hydrogen-bond donors (Lipinski definition) is 2. The van der Waals surface area contributed by atoms with E-state index in [4.69, 9.17) is 0 Å². The van der Waals surface area contributed by atoms with E-state index in [1.54, 1.807) is 11.6 Å². The van der Waals surface area contributed by atoms with Gasteiger partial charge >= 0.3 is 5.69 Å². The average Bonchev–Trinajstić information content (AvgIpc) is 3.25. The molecule has 0 aliphatic carbocycles. The fraction of sp³-hybridized carbons (Fsp3) is 0.0667. The fourth-order valence-corrected chi connectivity index (χ4v) is 3.83. The summed E-state index contributed by atoms with van der Waals surface area (Å²) in [4.78, 5) is 27.6. The summed E-state index contributed by atoms with van der Waals surface area (Å²) in [6.45, 7) is 1.97. The molecule has 1 aromatic carbocycles. The molecule has 3 aromatic heterocycles. The van der Waals surface area contributed by atoms with Crippen molar-refractivity contribution in [3.63, 3.8) is 0 Å². The lowest BCUT2D eigenvalue weighted by Crippen LogP contribution is -2.05. The third kappa shape index (κ3) is 3.05. The van der Waals surface area contributed by atoms with Crippen LogP contribution in [0.25, 0.3) is 10.2 Å². The molecule has 0 unspecified atom stereocenters. The maximum Gasteiger partial charge on any atom is 0.354 e. The number of rotatable bonds is 5. The number of nitrogens with one attached hydrogen (secondary N) is 2. The molecule has 130 valence electrons. The molecule has 0 spiro atoms. The summed E-state index contributed by atoms with van der Waals surface area (Å²) >= 11 is 2.72. The first-order valence-corrected chi connectivity index (χ1v) is 9.10. The molecule has 0 fully saturated rings. The van der Waals surface area contributed by atoms with Crippen LogP contribution in [-0.2, 0) is 0 Å². The number of aryl methyl sites for hydroxylation is 1. The third-order valence-corrected chi connectivity index (χ3v) is 5.13. The van der Waals surface area contributed by atoms with E-state index in [2.05, 4.69) is 30.6 Å². The van der Waals surface area contributed by atoms with Crippen molar-refractivity contribution in [2.24, 2.45) is 0 Å². The van der Waals surface area contributed by atoms with Crippen LogP contribution in [0.3, 0.4) is 0 Å². The molecule has 4 rings (SSSR count). The summed E-state index contributed by atoms with van der Waals surface area (Å²) in [5.41, 5.74) is 1.63. The molecular formula is C15H11N7O2S2. The number of fused-ring (bicyclic) bond motifs is 1. The van der Waals surface area contributed by atoms with Crippen LogP contribution < -0.4 is 10.6 Å². The van der Waals surface area contributed by atoms with Crippen LogP contribution in [0.5, 0.6) is 0 Å². The number of hydrogen-bond acceptors (Lipinski definition) is 10. The van der Waals surface area contributed by atoms with Crippen molar-refractivity contribution >= 4 is 60.5 Å². The molecule has 0 saturated carbocycles. The first-order chi connectivity index (χ1) is 12.6. The van der Waals surface area contributed by atoms with Crippen LogP contribution in [-0.4, -0.2) is 24.9 Å². The van der Waals surface area contributed by atoms with E-state index in [1.165, 1.54) is 29.0 Å². The third-order valence-electron chi connectivity index (χ3n) is 3.51. The summed E-state index contributed by atoms with van der Waals surface area (Å²) in [5.74, 6) is 0.139. The molecule has 0 radical (unpaired) electrons. The van der Waals surface area contributed by atoms with Gasteiger partial charge in [0.25, 0.3) is 0 Å². The molecule has 0 atom stereocenters. The first-order valence-electron chi connectivity index (χ1n) is 7.41. The average molecular weight is 385 g/mol. The van der Waals surface area contributed by atoms with Gasteiger partial charge in [-0.15, -0.1) is 11.3 Å². The molecule has 26 heavy (non-hydrogen) atoms. The molecule has 0 bridgehead atoms. The highest BCUT2D eigenvalue weighted by atomic mass is 32.1. The highest BCUT2D eigenvalue weighted by Crippen LogP contribution is 2.35. The monoisotopic (exact) mass is 385 g/mol. The lowest BCUT2D eigenvalue weighted by atomic mass is 10.2. The minimum atomic E-state index is -0.531. The van der Waals surface area contributed by atoms with E-state index in [0.717, 1.165) is 15.8 Å². The Bertz CT molecular complexity index is 1090. The first kappa shape index (κ1) is 16.3. The molecule has 4 aromatic rings. The van der Waals surface area contributed by atoms with Crippen molar-refractivity contribution in [3.05, 3.63) is 51.8 Å². The maximum atomic E-state index is 11.6. The minimum absolute atomic E-state index is 0.0692. The van der Waals surface area contributed by atoms with Gasteiger partial charge in [-0.25, -0.2) is 19.9 Å². The van der Waals surface area contributed by atoms with Gasteiger partial charge in [-0.1, -0.05) is 23.5 Å². The quantitative estimate of drug-likeness (QED) is 0.387. The van der Waals surface area contributed by atoms with Gasteiger partial charge in [0.05, 0.1) is 15.1 Å². The number of thiazole rings is 2. The molecule has 11 heteroatoms. The summed E-state index contributed by atoms with van der Waals surface area (Å²) in [7, 11) is 0. The zero-order chi connectivity index (χ0) is 18.1. The molecule has 0 saturated heterocycles. The number of benzene rings is 1. The second kappa shape index (κ2) is 6.61. The van der Waals surface area contributed by atoms with Crippen molar-refractivity contribution in [3.8, 4) is 0 Å². The van der Waals surface area contributed by atoms with E-state index in [9.17, 15) is 10.1 Å². The molecule has 2 N–H and O–H groups in total. The van der Waals surface area contributed by atoms with Crippen molar-refractivity contribution in [1.82, 2.24) is 19.9 Å². The van der Waals surface area contributed by atoms with Crippen molar-refractivity contribution in [1.29, 1.82) is 0 Å².